The van der Waals surface area contributed by atoms with E-state index in [1.807, 2.05) is 0 Å². The van der Waals surface area contributed by atoms with Gasteiger partial charge in [-0.15, -0.1) is 0 Å². The quantitative estimate of drug-likeness (QED) is 0.694. The van der Waals surface area contributed by atoms with Gasteiger partial charge in [0.25, 0.3) is 0 Å². The molecule has 0 N–H and O–H groups in total. The number of hydrogen-bond acceptors (Lipinski definition) is 3. The number of nitriles is 1. The van der Waals surface area contributed by atoms with Crippen LogP contribution in [0.2, 0.25) is 0 Å². The standard InChI is InChI=1S/C13H16N4/c14-8-7-11-10-5-3-1-2-4-6-12(10)17-13(11)15-9-16-17/h1-2,9-12H,3-7H2/b2-1-. The van der Waals surface area contributed by atoms with Gasteiger partial charge in [0.1, 0.15) is 12.2 Å². The molecule has 3 atom stereocenters. The molecule has 0 saturated carbocycles. The van der Waals surface area contributed by atoms with Crippen LogP contribution in [0.3, 0.4) is 0 Å². The van der Waals surface area contributed by atoms with Crippen molar-refractivity contribution in [2.24, 2.45) is 5.92 Å². The minimum Gasteiger partial charge on any atom is -0.246 e. The van der Waals surface area contributed by atoms with E-state index in [1.54, 1.807) is 6.33 Å². The molecule has 1 aliphatic heterocycles. The SMILES string of the molecule is N#CCC1c2ncnn2C2CC/C=C\CCC12. The summed E-state index contributed by atoms with van der Waals surface area (Å²) >= 11 is 0. The Bertz CT molecular complexity index is 468. The molecule has 0 aromatic carbocycles. The number of rotatable bonds is 1. The summed E-state index contributed by atoms with van der Waals surface area (Å²) in [5, 5.41) is 13.3. The smallest absolute Gasteiger partial charge is 0.138 e. The number of fused-ring (bicyclic) bond motifs is 3. The highest BCUT2D eigenvalue weighted by atomic mass is 15.4. The Kier molecular flexibility index (Phi) is 2.68. The highest BCUT2D eigenvalue weighted by Gasteiger charge is 2.41. The maximum absolute atomic E-state index is 8.98. The lowest BCUT2D eigenvalue weighted by Gasteiger charge is -2.23. The lowest BCUT2D eigenvalue weighted by Crippen LogP contribution is -2.17. The van der Waals surface area contributed by atoms with Crippen molar-refractivity contribution in [1.29, 1.82) is 5.26 Å². The van der Waals surface area contributed by atoms with Crippen molar-refractivity contribution in [2.75, 3.05) is 0 Å². The van der Waals surface area contributed by atoms with E-state index in [0.29, 0.717) is 24.3 Å². The number of aromatic nitrogens is 3. The zero-order valence-electron chi connectivity index (χ0n) is 9.79. The summed E-state index contributed by atoms with van der Waals surface area (Å²) in [6.45, 7) is 0. The Morgan fingerprint density at radius 1 is 1.35 bits per heavy atom. The molecule has 1 aromatic heterocycles. The fourth-order valence-corrected chi connectivity index (χ4v) is 3.28. The van der Waals surface area contributed by atoms with Crippen LogP contribution in [-0.2, 0) is 0 Å². The molecule has 0 saturated heterocycles. The molecule has 17 heavy (non-hydrogen) atoms. The maximum atomic E-state index is 8.98. The average molecular weight is 228 g/mol. The minimum atomic E-state index is 0.291. The first-order valence-corrected chi connectivity index (χ1v) is 6.33. The summed E-state index contributed by atoms with van der Waals surface area (Å²) in [7, 11) is 0. The summed E-state index contributed by atoms with van der Waals surface area (Å²) in [6, 6.07) is 2.76. The van der Waals surface area contributed by atoms with Gasteiger partial charge in [-0.05, 0) is 31.6 Å². The Morgan fingerprint density at radius 2 is 2.18 bits per heavy atom. The van der Waals surface area contributed by atoms with Gasteiger partial charge in [0.05, 0.1) is 12.1 Å². The van der Waals surface area contributed by atoms with Crippen LogP contribution in [0.15, 0.2) is 18.5 Å². The first-order valence-electron chi connectivity index (χ1n) is 6.33. The van der Waals surface area contributed by atoms with Gasteiger partial charge in [0.15, 0.2) is 0 Å². The molecular formula is C13H16N4. The second-order valence-electron chi connectivity index (χ2n) is 4.89. The van der Waals surface area contributed by atoms with Crippen LogP contribution in [0.5, 0.6) is 0 Å². The van der Waals surface area contributed by atoms with Crippen molar-refractivity contribution >= 4 is 0 Å². The molecule has 4 heteroatoms. The third kappa shape index (κ3) is 1.66. The molecule has 2 heterocycles. The topological polar surface area (TPSA) is 54.5 Å². The van der Waals surface area contributed by atoms with Crippen LogP contribution in [0.1, 0.15) is 49.9 Å². The molecule has 1 aromatic rings. The molecule has 4 nitrogen and oxygen atoms in total. The van der Waals surface area contributed by atoms with E-state index in [4.69, 9.17) is 5.26 Å². The predicted molar refractivity (Wildman–Crippen MR) is 63.1 cm³/mol. The lowest BCUT2D eigenvalue weighted by atomic mass is 9.81. The Labute approximate surface area is 101 Å². The van der Waals surface area contributed by atoms with Crippen LogP contribution < -0.4 is 0 Å². The Hall–Kier alpha value is -1.63. The van der Waals surface area contributed by atoms with Gasteiger partial charge in [-0.25, -0.2) is 9.67 Å². The highest BCUT2D eigenvalue weighted by molar-refractivity contribution is 5.12. The van der Waals surface area contributed by atoms with E-state index in [0.717, 1.165) is 31.5 Å². The number of nitrogens with zero attached hydrogens (tertiary/aromatic N) is 4. The minimum absolute atomic E-state index is 0.291. The van der Waals surface area contributed by atoms with Gasteiger partial charge in [0, 0.05) is 12.3 Å². The van der Waals surface area contributed by atoms with E-state index in [1.165, 1.54) is 0 Å². The zero-order valence-corrected chi connectivity index (χ0v) is 9.79. The first kappa shape index (κ1) is 10.5. The van der Waals surface area contributed by atoms with Crippen molar-refractivity contribution in [3.8, 4) is 6.07 Å². The van der Waals surface area contributed by atoms with Gasteiger partial charge < -0.3 is 0 Å². The third-order valence-electron chi connectivity index (χ3n) is 4.03. The van der Waals surface area contributed by atoms with Crippen molar-refractivity contribution in [1.82, 2.24) is 14.8 Å². The van der Waals surface area contributed by atoms with Gasteiger partial charge >= 0.3 is 0 Å². The fraction of sp³-hybridized carbons (Fsp3) is 0.615. The number of hydrogen-bond donors (Lipinski definition) is 0. The second kappa shape index (κ2) is 4.33. The molecule has 2 aliphatic rings. The summed E-state index contributed by atoms with van der Waals surface area (Å²) < 4.78 is 2.08. The van der Waals surface area contributed by atoms with Crippen LogP contribution in [-0.4, -0.2) is 14.8 Å². The van der Waals surface area contributed by atoms with Crippen molar-refractivity contribution in [2.45, 2.75) is 44.1 Å². The molecule has 3 rings (SSSR count). The third-order valence-corrected chi connectivity index (χ3v) is 4.03. The van der Waals surface area contributed by atoms with Crippen molar-refractivity contribution in [3.05, 3.63) is 24.3 Å². The van der Waals surface area contributed by atoms with Crippen molar-refractivity contribution < 1.29 is 0 Å². The second-order valence-corrected chi connectivity index (χ2v) is 4.89. The Morgan fingerprint density at radius 3 is 3.00 bits per heavy atom. The maximum Gasteiger partial charge on any atom is 0.138 e. The highest BCUT2D eigenvalue weighted by Crippen LogP contribution is 2.46. The van der Waals surface area contributed by atoms with Crippen LogP contribution in [0.25, 0.3) is 0 Å². The monoisotopic (exact) mass is 228 g/mol. The summed E-state index contributed by atoms with van der Waals surface area (Å²) in [5.41, 5.74) is 0. The normalized spacial score (nSPS) is 33.0. The van der Waals surface area contributed by atoms with Gasteiger partial charge in [-0.3, -0.25) is 0 Å². The van der Waals surface area contributed by atoms with E-state index in [-0.39, 0.29) is 0 Å². The summed E-state index contributed by atoms with van der Waals surface area (Å²) in [5.74, 6) is 1.87. The van der Waals surface area contributed by atoms with Crippen LogP contribution >= 0.6 is 0 Å². The van der Waals surface area contributed by atoms with Gasteiger partial charge in [0.2, 0.25) is 0 Å². The van der Waals surface area contributed by atoms with Crippen LogP contribution in [0.4, 0.5) is 0 Å². The summed E-state index contributed by atoms with van der Waals surface area (Å²) in [4.78, 5) is 4.36. The molecule has 0 bridgehead atoms. The molecule has 3 unspecified atom stereocenters. The lowest BCUT2D eigenvalue weighted by molar-refractivity contribution is 0.292. The summed E-state index contributed by atoms with van der Waals surface area (Å²) in [6.07, 6.45) is 11.2. The van der Waals surface area contributed by atoms with E-state index < -0.39 is 0 Å². The molecule has 0 radical (unpaired) electrons. The van der Waals surface area contributed by atoms with E-state index >= 15 is 0 Å². The average Bonchev–Trinajstić information content (AvgIpc) is 2.83. The largest absolute Gasteiger partial charge is 0.246 e. The molecule has 88 valence electrons. The predicted octanol–water partition coefficient (Wildman–Crippen LogP) is 2.58. The Balaban J connectivity index is 1.95. The van der Waals surface area contributed by atoms with E-state index in [2.05, 4.69) is 33.0 Å². The fourth-order valence-electron chi connectivity index (χ4n) is 3.28. The zero-order chi connectivity index (χ0) is 11.7. The van der Waals surface area contributed by atoms with Gasteiger partial charge in [-0.1, -0.05) is 12.2 Å². The van der Waals surface area contributed by atoms with E-state index in [9.17, 15) is 0 Å². The molecule has 1 aliphatic carbocycles. The van der Waals surface area contributed by atoms with Gasteiger partial charge in [-0.2, -0.15) is 10.4 Å². The van der Waals surface area contributed by atoms with Crippen LogP contribution in [0, 0.1) is 17.2 Å². The van der Waals surface area contributed by atoms with Crippen molar-refractivity contribution in [3.63, 3.8) is 0 Å². The number of allylic oxidation sites excluding steroid dienone is 2. The first-order chi connectivity index (χ1) is 8.42. The molecule has 0 spiro atoms. The molecule has 0 amide bonds. The molecule has 0 fully saturated rings. The molecular weight excluding hydrogens is 212 g/mol.